The van der Waals surface area contributed by atoms with Crippen LogP contribution in [0.5, 0.6) is 0 Å². The molecule has 0 saturated heterocycles. The van der Waals surface area contributed by atoms with E-state index in [0.717, 1.165) is 0 Å². The van der Waals surface area contributed by atoms with Gasteiger partial charge in [0.1, 0.15) is 6.04 Å². The Labute approximate surface area is 184 Å². The van der Waals surface area contributed by atoms with Crippen molar-refractivity contribution in [2.45, 2.75) is 43.5 Å². The number of nitrogens with one attached hydrogen (secondary N) is 2. The minimum atomic E-state index is -3.90. The summed E-state index contributed by atoms with van der Waals surface area (Å²) in [7, 11) is -7.60. The average Bonchev–Trinajstić information content (AvgIpc) is 2.73. The molecule has 0 aliphatic heterocycles. The second-order valence-corrected chi connectivity index (χ2v) is 10.9. The second kappa shape index (κ2) is 10.4. The molecule has 0 aliphatic carbocycles. The first-order chi connectivity index (χ1) is 14.5. The van der Waals surface area contributed by atoms with Crippen LogP contribution in [0.3, 0.4) is 0 Å². The largest absolute Gasteiger partial charge is 0.325 e. The Morgan fingerprint density at radius 3 is 2.03 bits per heavy atom. The summed E-state index contributed by atoms with van der Waals surface area (Å²) in [4.78, 5) is 13.0. The van der Waals surface area contributed by atoms with Crippen molar-refractivity contribution in [3.63, 3.8) is 0 Å². The zero-order valence-corrected chi connectivity index (χ0v) is 19.7. The van der Waals surface area contributed by atoms with Crippen molar-refractivity contribution in [1.29, 1.82) is 0 Å². The fraction of sp³-hybridized carbons (Fsp3) is 0.381. The molecule has 2 rings (SSSR count). The van der Waals surface area contributed by atoms with Gasteiger partial charge in [0.05, 0.1) is 9.79 Å². The summed E-state index contributed by atoms with van der Waals surface area (Å²) in [5.74, 6) is -0.923. The molecule has 0 saturated carbocycles. The van der Waals surface area contributed by atoms with Crippen molar-refractivity contribution >= 4 is 31.6 Å². The first kappa shape index (κ1) is 25.0. The van der Waals surface area contributed by atoms with Crippen LogP contribution < -0.4 is 10.0 Å². The monoisotopic (exact) mass is 467 g/mol. The van der Waals surface area contributed by atoms with Crippen molar-refractivity contribution in [2.24, 2.45) is 5.92 Å². The highest BCUT2D eigenvalue weighted by atomic mass is 32.2. The van der Waals surface area contributed by atoms with Gasteiger partial charge >= 0.3 is 0 Å². The molecule has 2 aromatic carbocycles. The predicted octanol–water partition coefficient (Wildman–Crippen LogP) is 2.66. The number of nitrogens with zero attached hydrogens (tertiary/aromatic N) is 1. The fourth-order valence-corrected chi connectivity index (χ4v) is 5.86. The van der Waals surface area contributed by atoms with Crippen LogP contribution >= 0.6 is 0 Å². The van der Waals surface area contributed by atoms with Crippen LogP contribution in [-0.4, -0.2) is 46.2 Å². The van der Waals surface area contributed by atoms with E-state index in [2.05, 4.69) is 10.0 Å². The second-order valence-electron chi connectivity index (χ2n) is 7.26. The standard InChI is InChI=1S/C21H29N3O5S2/c1-5-24(6-2)31(28,29)19-14-10-11-17(15-19)22-21(25)20(16(3)4)23-30(26,27)18-12-8-7-9-13-18/h7-16,20,23H,5-6H2,1-4H3,(H,22,25)/t20-/m0/s1. The smallest absolute Gasteiger partial charge is 0.243 e. The van der Waals surface area contributed by atoms with E-state index < -0.39 is 32.0 Å². The van der Waals surface area contributed by atoms with Crippen molar-refractivity contribution in [3.05, 3.63) is 54.6 Å². The number of carbonyl (C=O) groups excluding carboxylic acids is 1. The molecule has 31 heavy (non-hydrogen) atoms. The molecular weight excluding hydrogens is 438 g/mol. The van der Waals surface area contributed by atoms with Gasteiger partial charge in [0.15, 0.2) is 0 Å². The first-order valence-electron chi connectivity index (χ1n) is 10.0. The van der Waals surface area contributed by atoms with Gasteiger partial charge in [-0.1, -0.05) is 52.0 Å². The van der Waals surface area contributed by atoms with Crippen molar-refractivity contribution in [2.75, 3.05) is 18.4 Å². The molecule has 0 aliphatic rings. The third-order valence-electron chi connectivity index (χ3n) is 4.73. The highest BCUT2D eigenvalue weighted by molar-refractivity contribution is 7.89. The van der Waals surface area contributed by atoms with Crippen LogP contribution in [0.4, 0.5) is 5.69 Å². The maximum Gasteiger partial charge on any atom is 0.243 e. The molecule has 2 N–H and O–H groups in total. The molecule has 0 spiro atoms. The first-order valence-corrected chi connectivity index (χ1v) is 12.9. The predicted molar refractivity (Wildman–Crippen MR) is 121 cm³/mol. The van der Waals surface area contributed by atoms with E-state index in [0.29, 0.717) is 13.1 Å². The molecule has 0 fully saturated rings. The van der Waals surface area contributed by atoms with Gasteiger partial charge in [0.25, 0.3) is 0 Å². The molecule has 0 aromatic heterocycles. The summed E-state index contributed by atoms with van der Waals surface area (Å²) >= 11 is 0. The minimum absolute atomic E-state index is 0.0555. The number of carbonyl (C=O) groups is 1. The maximum absolute atomic E-state index is 12.9. The molecule has 0 bridgehead atoms. The van der Waals surface area contributed by atoms with Gasteiger partial charge in [-0.3, -0.25) is 4.79 Å². The summed E-state index contributed by atoms with van der Waals surface area (Å²) in [5.41, 5.74) is 0.266. The zero-order chi connectivity index (χ0) is 23.2. The van der Waals surface area contributed by atoms with Gasteiger partial charge in [-0.05, 0) is 36.2 Å². The SMILES string of the molecule is CCN(CC)S(=O)(=O)c1cccc(NC(=O)[C@@H](NS(=O)(=O)c2ccccc2)C(C)C)c1. The Morgan fingerprint density at radius 1 is 0.903 bits per heavy atom. The molecule has 8 nitrogen and oxygen atoms in total. The quantitative estimate of drug-likeness (QED) is 0.558. The Morgan fingerprint density at radius 2 is 1.48 bits per heavy atom. The number of rotatable bonds is 10. The number of anilines is 1. The third kappa shape index (κ3) is 6.13. The van der Waals surface area contributed by atoms with E-state index in [9.17, 15) is 21.6 Å². The Balaban J connectivity index is 2.26. The number of hydrogen-bond donors (Lipinski definition) is 2. The molecule has 1 amide bonds. The Kier molecular flexibility index (Phi) is 8.35. The van der Waals surface area contributed by atoms with E-state index in [1.807, 2.05) is 0 Å². The molecule has 10 heteroatoms. The van der Waals surface area contributed by atoms with Crippen LogP contribution in [0, 0.1) is 5.92 Å². The Hall–Kier alpha value is -2.27. The topological polar surface area (TPSA) is 113 Å². The lowest BCUT2D eigenvalue weighted by molar-refractivity contribution is -0.118. The molecule has 2 aromatic rings. The summed E-state index contributed by atoms with van der Waals surface area (Å²) in [6, 6.07) is 12.7. The van der Waals surface area contributed by atoms with Crippen LogP contribution in [0.2, 0.25) is 0 Å². The summed E-state index contributed by atoms with van der Waals surface area (Å²) in [6.07, 6.45) is 0. The minimum Gasteiger partial charge on any atom is -0.325 e. The van der Waals surface area contributed by atoms with Crippen molar-refractivity contribution < 1.29 is 21.6 Å². The van der Waals surface area contributed by atoms with Crippen LogP contribution in [0.15, 0.2) is 64.4 Å². The summed E-state index contributed by atoms with van der Waals surface area (Å²) in [6.45, 7) is 7.59. The van der Waals surface area contributed by atoms with Crippen LogP contribution in [-0.2, 0) is 24.8 Å². The van der Waals surface area contributed by atoms with Gasteiger partial charge in [0.2, 0.25) is 26.0 Å². The lowest BCUT2D eigenvalue weighted by Crippen LogP contribution is -2.47. The van der Waals surface area contributed by atoms with E-state index >= 15 is 0 Å². The van der Waals surface area contributed by atoms with E-state index in [-0.39, 0.29) is 21.4 Å². The maximum atomic E-state index is 12.9. The van der Waals surface area contributed by atoms with Gasteiger partial charge in [-0.2, -0.15) is 9.03 Å². The number of benzene rings is 2. The molecular formula is C21H29N3O5S2. The van der Waals surface area contributed by atoms with E-state index in [1.54, 1.807) is 52.0 Å². The van der Waals surface area contributed by atoms with E-state index in [1.165, 1.54) is 34.6 Å². The highest BCUT2D eigenvalue weighted by Crippen LogP contribution is 2.20. The van der Waals surface area contributed by atoms with Crippen LogP contribution in [0.1, 0.15) is 27.7 Å². The summed E-state index contributed by atoms with van der Waals surface area (Å²) in [5, 5.41) is 2.64. The normalized spacial score (nSPS) is 13.4. The van der Waals surface area contributed by atoms with Gasteiger partial charge < -0.3 is 5.32 Å². The number of amides is 1. The van der Waals surface area contributed by atoms with Gasteiger partial charge in [0, 0.05) is 18.8 Å². The van der Waals surface area contributed by atoms with Crippen molar-refractivity contribution in [3.8, 4) is 0 Å². The Bertz CT molecular complexity index is 1100. The zero-order valence-electron chi connectivity index (χ0n) is 18.1. The average molecular weight is 468 g/mol. The van der Waals surface area contributed by atoms with Crippen LogP contribution in [0.25, 0.3) is 0 Å². The lowest BCUT2D eigenvalue weighted by atomic mass is 10.0. The molecule has 0 heterocycles. The summed E-state index contributed by atoms with van der Waals surface area (Å²) < 4.78 is 54.6. The molecule has 170 valence electrons. The third-order valence-corrected chi connectivity index (χ3v) is 8.23. The lowest BCUT2D eigenvalue weighted by Gasteiger charge is -2.22. The molecule has 0 unspecified atom stereocenters. The highest BCUT2D eigenvalue weighted by Gasteiger charge is 2.29. The molecule has 0 radical (unpaired) electrons. The van der Waals surface area contributed by atoms with E-state index in [4.69, 9.17) is 0 Å². The van der Waals surface area contributed by atoms with Gasteiger partial charge in [-0.15, -0.1) is 0 Å². The number of hydrogen-bond acceptors (Lipinski definition) is 5. The fourth-order valence-electron chi connectivity index (χ4n) is 2.99. The number of sulfonamides is 2. The van der Waals surface area contributed by atoms with Crippen molar-refractivity contribution in [1.82, 2.24) is 9.03 Å². The van der Waals surface area contributed by atoms with Gasteiger partial charge in [-0.25, -0.2) is 16.8 Å². The molecule has 1 atom stereocenters.